The third-order valence-electron chi connectivity index (χ3n) is 2.42. The van der Waals surface area contributed by atoms with Crippen LogP contribution in [0.5, 0.6) is 0 Å². The summed E-state index contributed by atoms with van der Waals surface area (Å²) in [7, 11) is 0. The first-order valence-corrected chi connectivity index (χ1v) is 6.40. The van der Waals surface area contributed by atoms with E-state index in [4.69, 9.17) is 5.11 Å². The maximum atomic E-state index is 11.2. The Kier molecular flexibility index (Phi) is 10.4. The third kappa shape index (κ3) is 12.7. The van der Waals surface area contributed by atoms with Gasteiger partial charge in [-0.25, -0.2) is 4.79 Å². The highest BCUT2D eigenvalue weighted by molar-refractivity contribution is 5.73. The molecule has 0 radical (unpaired) electrons. The highest BCUT2D eigenvalue weighted by Gasteiger charge is 1.99. The van der Waals surface area contributed by atoms with Crippen LogP contribution in [0.3, 0.4) is 0 Å². The van der Waals surface area contributed by atoms with Crippen LogP contribution in [-0.4, -0.2) is 30.2 Å². The summed E-state index contributed by atoms with van der Waals surface area (Å²) in [5, 5.41) is 13.9. The lowest BCUT2D eigenvalue weighted by Crippen LogP contribution is -2.36. The minimum Gasteiger partial charge on any atom is -0.481 e. The second-order valence-electron chi connectivity index (χ2n) is 4.09. The fraction of sp³-hybridized carbons (Fsp3) is 0.833. The van der Waals surface area contributed by atoms with Crippen molar-refractivity contribution in [3.05, 3.63) is 0 Å². The molecule has 0 rings (SSSR count). The molecular weight excluding hydrogens is 220 g/mol. The van der Waals surface area contributed by atoms with Crippen molar-refractivity contribution in [1.29, 1.82) is 0 Å². The van der Waals surface area contributed by atoms with Crippen LogP contribution in [-0.2, 0) is 4.79 Å². The summed E-state index contributed by atoms with van der Waals surface area (Å²) in [6, 6.07) is -0.156. The Balaban J connectivity index is 3.20. The monoisotopic (exact) mass is 244 g/mol. The smallest absolute Gasteiger partial charge is 0.314 e. The van der Waals surface area contributed by atoms with E-state index >= 15 is 0 Å². The lowest BCUT2D eigenvalue weighted by molar-refractivity contribution is -0.137. The molecule has 0 aromatic heterocycles. The highest BCUT2D eigenvalue weighted by atomic mass is 16.4. The molecule has 0 atom stereocenters. The summed E-state index contributed by atoms with van der Waals surface area (Å²) in [6.07, 6.45) is 6.03. The lowest BCUT2D eigenvalue weighted by atomic mass is 10.2. The Bertz CT molecular complexity index is 220. The van der Waals surface area contributed by atoms with Crippen LogP contribution in [0, 0.1) is 0 Å². The molecule has 0 aromatic rings. The number of carbonyl (C=O) groups is 2. The minimum atomic E-state index is -0.787. The van der Waals surface area contributed by atoms with Gasteiger partial charge in [-0.1, -0.05) is 26.2 Å². The molecule has 2 amide bonds. The van der Waals surface area contributed by atoms with Crippen molar-refractivity contribution in [1.82, 2.24) is 10.6 Å². The predicted molar refractivity (Wildman–Crippen MR) is 67.0 cm³/mol. The first-order chi connectivity index (χ1) is 8.16. The van der Waals surface area contributed by atoms with Gasteiger partial charge in [0.1, 0.15) is 0 Å². The number of carbonyl (C=O) groups excluding carboxylic acids is 1. The summed E-state index contributed by atoms with van der Waals surface area (Å²) in [5.41, 5.74) is 0. The number of amides is 2. The van der Waals surface area contributed by atoms with E-state index in [-0.39, 0.29) is 12.5 Å². The Morgan fingerprint density at radius 2 is 1.53 bits per heavy atom. The Morgan fingerprint density at radius 3 is 2.06 bits per heavy atom. The van der Waals surface area contributed by atoms with Crippen molar-refractivity contribution < 1.29 is 14.7 Å². The molecule has 5 heteroatoms. The fourth-order valence-corrected chi connectivity index (χ4v) is 1.42. The van der Waals surface area contributed by atoms with Gasteiger partial charge in [-0.3, -0.25) is 4.79 Å². The SMILES string of the molecule is CCCCCCNC(=O)NCCCCC(=O)O. The molecule has 0 aliphatic rings. The van der Waals surface area contributed by atoms with Crippen LogP contribution in [0.25, 0.3) is 0 Å². The first kappa shape index (κ1) is 15.7. The van der Waals surface area contributed by atoms with Crippen molar-refractivity contribution in [2.24, 2.45) is 0 Å². The number of nitrogens with one attached hydrogen (secondary N) is 2. The zero-order valence-corrected chi connectivity index (χ0v) is 10.6. The van der Waals surface area contributed by atoms with Crippen molar-refractivity contribution in [3.8, 4) is 0 Å². The molecule has 0 aliphatic carbocycles. The van der Waals surface area contributed by atoms with E-state index in [1.807, 2.05) is 0 Å². The molecule has 0 aromatic carbocycles. The normalized spacial score (nSPS) is 9.94. The maximum Gasteiger partial charge on any atom is 0.314 e. The van der Waals surface area contributed by atoms with Gasteiger partial charge in [-0.05, 0) is 19.3 Å². The molecule has 0 saturated carbocycles. The molecule has 0 bridgehead atoms. The van der Waals surface area contributed by atoms with Gasteiger partial charge in [0.15, 0.2) is 0 Å². The Labute approximate surface area is 103 Å². The van der Waals surface area contributed by atoms with Gasteiger partial charge in [0.2, 0.25) is 0 Å². The van der Waals surface area contributed by atoms with Gasteiger partial charge in [0.05, 0.1) is 0 Å². The van der Waals surface area contributed by atoms with Crippen molar-refractivity contribution in [3.63, 3.8) is 0 Å². The third-order valence-corrected chi connectivity index (χ3v) is 2.42. The molecule has 17 heavy (non-hydrogen) atoms. The van der Waals surface area contributed by atoms with Crippen LogP contribution in [0.1, 0.15) is 51.9 Å². The zero-order valence-electron chi connectivity index (χ0n) is 10.6. The van der Waals surface area contributed by atoms with E-state index < -0.39 is 5.97 Å². The molecule has 0 heterocycles. The molecule has 0 saturated heterocycles. The number of hydrogen-bond acceptors (Lipinski definition) is 2. The maximum absolute atomic E-state index is 11.2. The fourth-order valence-electron chi connectivity index (χ4n) is 1.42. The number of unbranched alkanes of at least 4 members (excludes halogenated alkanes) is 4. The Hall–Kier alpha value is -1.26. The van der Waals surface area contributed by atoms with Crippen LogP contribution in [0.15, 0.2) is 0 Å². The summed E-state index contributed by atoms with van der Waals surface area (Å²) in [4.78, 5) is 21.5. The van der Waals surface area contributed by atoms with E-state index in [0.29, 0.717) is 25.9 Å². The van der Waals surface area contributed by atoms with Gasteiger partial charge in [0.25, 0.3) is 0 Å². The number of hydrogen-bond donors (Lipinski definition) is 3. The molecule has 0 spiro atoms. The van der Waals surface area contributed by atoms with Gasteiger partial charge in [-0.2, -0.15) is 0 Å². The molecule has 0 fully saturated rings. The Morgan fingerprint density at radius 1 is 0.941 bits per heavy atom. The molecule has 0 unspecified atom stereocenters. The number of rotatable bonds is 10. The molecular formula is C12H24N2O3. The molecule has 5 nitrogen and oxygen atoms in total. The summed E-state index contributed by atoms with van der Waals surface area (Å²) in [5.74, 6) is -0.787. The quantitative estimate of drug-likeness (QED) is 0.515. The molecule has 0 aliphatic heterocycles. The average Bonchev–Trinajstić information content (AvgIpc) is 2.28. The topological polar surface area (TPSA) is 78.4 Å². The second kappa shape index (κ2) is 11.2. The van der Waals surface area contributed by atoms with Crippen molar-refractivity contribution in [2.45, 2.75) is 51.9 Å². The van der Waals surface area contributed by atoms with Crippen LogP contribution < -0.4 is 10.6 Å². The second-order valence-corrected chi connectivity index (χ2v) is 4.09. The zero-order chi connectivity index (χ0) is 12.9. The summed E-state index contributed by atoms with van der Waals surface area (Å²) in [6.45, 7) is 3.40. The van der Waals surface area contributed by atoms with Crippen LogP contribution in [0.4, 0.5) is 4.79 Å². The van der Waals surface area contributed by atoms with Crippen molar-refractivity contribution >= 4 is 12.0 Å². The van der Waals surface area contributed by atoms with Gasteiger partial charge < -0.3 is 15.7 Å². The molecule has 100 valence electrons. The molecule has 3 N–H and O–H groups in total. The van der Waals surface area contributed by atoms with E-state index in [9.17, 15) is 9.59 Å². The van der Waals surface area contributed by atoms with Gasteiger partial charge in [-0.15, -0.1) is 0 Å². The lowest BCUT2D eigenvalue weighted by Gasteiger charge is -2.06. The van der Waals surface area contributed by atoms with Gasteiger partial charge in [0, 0.05) is 19.5 Å². The average molecular weight is 244 g/mol. The minimum absolute atomic E-state index is 0.156. The largest absolute Gasteiger partial charge is 0.481 e. The number of carboxylic acids is 1. The van der Waals surface area contributed by atoms with Crippen molar-refractivity contribution in [2.75, 3.05) is 13.1 Å². The number of aliphatic carboxylic acids is 1. The van der Waals surface area contributed by atoms with E-state index in [1.54, 1.807) is 0 Å². The van der Waals surface area contributed by atoms with Gasteiger partial charge >= 0.3 is 12.0 Å². The van der Waals surface area contributed by atoms with E-state index in [2.05, 4.69) is 17.6 Å². The standard InChI is InChI=1S/C12H24N2O3/c1-2-3-4-6-9-13-12(17)14-10-7-5-8-11(15)16/h2-10H2,1H3,(H,15,16)(H2,13,14,17). The van der Waals surface area contributed by atoms with Crippen LogP contribution in [0.2, 0.25) is 0 Å². The number of urea groups is 1. The van der Waals surface area contributed by atoms with Crippen LogP contribution >= 0.6 is 0 Å². The summed E-state index contributed by atoms with van der Waals surface area (Å²) >= 11 is 0. The predicted octanol–water partition coefficient (Wildman–Crippen LogP) is 2.12. The van der Waals surface area contributed by atoms with E-state index in [1.165, 1.54) is 12.8 Å². The highest BCUT2D eigenvalue weighted by Crippen LogP contribution is 1.97. The first-order valence-electron chi connectivity index (χ1n) is 6.40. The van der Waals surface area contributed by atoms with E-state index in [0.717, 1.165) is 12.8 Å². The number of carboxylic acid groups (broad SMARTS) is 1. The summed E-state index contributed by atoms with van der Waals surface area (Å²) < 4.78 is 0.